The van der Waals surface area contributed by atoms with Crippen molar-refractivity contribution in [2.75, 3.05) is 17.7 Å². The number of thiophene rings is 1. The minimum atomic E-state index is 0.253. The molecule has 0 radical (unpaired) electrons. The van der Waals surface area contributed by atoms with Crippen molar-refractivity contribution in [1.29, 1.82) is 0 Å². The van der Waals surface area contributed by atoms with Crippen LogP contribution in [-0.2, 0) is 0 Å². The normalized spacial score (nSPS) is 12.7. The van der Waals surface area contributed by atoms with Crippen molar-refractivity contribution in [1.82, 2.24) is 10.3 Å². The van der Waals surface area contributed by atoms with Crippen molar-refractivity contribution in [3.05, 3.63) is 34.5 Å². The zero-order valence-electron chi connectivity index (χ0n) is 10.7. The third-order valence-corrected chi connectivity index (χ3v) is 4.38. The lowest BCUT2D eigenvalue weighted by Crippen LogP contribution is -2.21. The molecule has 98 valence electrons. The molecule has 5 nitrogen and oxygen atoms in total. The van der Waals surface area contributed by atoms with E-state index in [4.69, 9.17) is 10.4 Å². The second kappa shape index (κ2) is 4.55. The van der Waals surface area contributed by atoms with Crippen LogP contribution in [0.2, 0.25) is 0 Å². The van der Waals surface area contributed by atoms with Crippen LogP contribution < -0.4 is 10.6 Å². The highest BCUT2D eigenvalue weighted by Crippen LogP contribution is 2.33. The second-order valence-corrected chi connectivity index (χ2v) is 5.42. The number of hydrogen-bond donors (Lipinski definition) is 1. The molecule has 6 heteroatoms. The molecule has 3 rings (SSSR count). The molecule has 0 aliphatic rings. The number of fused-ring (bicyclic) bond motifs is 1. The first kappa shape index (κ1) is 12.0. The zero-order chi connectivity index (χ0) is 13.4. The van der Waals surface area contributed by atoms with Crippen molar-refractivity contribution in [2.24, 2.45) is 0 Å². The Morgan fingerprint density at radius 3 is 2.79 bits per heavy atom. The van der Waals surface area contributed by atoms with Gasteiger partial charge in [0.15, 0.2) is 11.0 Å². The summed E-state index contributed by atoms with van der Waals surface area (Å²) in [7, 11) is 2.03. The van der Waals surface area contributed by atoms with Gasteiger partial charge < -0.3 is 10.6 Å². The number of aromatic nitrogens is 2. The van der Waals surface area contributed by atoms with E-state index in [1.165, 1.54) is 4.88 Å². The SMILES string of the molecule is CC(c1cccs1)N(C)c1ccc(N)c2nonc12. The molecule has 2 aromatic heterocycles. The molecule has 1 aromatic carbocycles. The molecule has 0 aliphatic carbocycles. The molecule has 1 atom stereocenters. The number of nitrogens with zero attached hydrogens (tertiary/aromatic N) is 3. The van der Waals surface area contributed by atoms with Crippen molar-refractivity contribution >= 4 is 33.7 Å². The molecule has 2 N–H and O–H groups in total. The first-order valence-corrected chi connectivity index (χ1v) is 6.83. The molecule has 0 spiro atoms. The number of benzene rings is 1. The van der Waals surface area contributed by atoms with E-state index in [1.54, 1.807) is 11.3 Å². The van der Waals surface area contributed by atoms with Crippen LogP contribution in [0.4, 0.5) is 11.4 Å². The maximum absolute atomic E-state index is 5.86. The topological polar surface area (TPSA) is 68.2 Å². The standard InChI is InChI=1S/C13H14N4OS/c1-8(11-4-3-7-19-11)17(2)10-6-5-9(14)12-13(10)16-18-15-12/h3-8H,14H2,1-2H3. The lowest BCUT2D eigenvalue weighted by atomic mass is 10.1. The van der Waals surface area contributed by atoms with Crippen molar-refractivity contribution in [2.45, 2.75) is 13.0 Å². The zero-order valence-corrected chi connectivity index (χ0v) is 11.5. The van der Waals surface area contributed by atoms with E-state index in [2.05, 4.69) is 39.6 Å². The van der Waals surface area contributed by atoms with E-state index < -0.39 is 0 Å². The summed E-state index contributed by atoms with van der Waals surface area (Å²) in [6, 6.07) is 8.22. The molecule has 0 amide bonds. The van der Waals surface area contributed by atoms with Crippen LogP contribution in [0.25, 0.3) is 11.0 Å². The summed E-state index contributed by atoms with van der Waals surface area (Å²) < 4.78 is 4.80. The first-order valence-electron chi connectivity index (χ1n) is 5.95. The fourth-order valence-corrected chi connectivity index (χ4v) is 2.91. The number of rotatable bonds is 3. The van der Waals surface area contributed by atoms with Crippen LogP contribution in [0.5, 0.6) is 0 Å². The van der Waals surface area contributed by atoms with Gasteiger partial charge in [-0.05, 0) is 40.8 Å². The maximum atomic E-state index is 5.86. The number of nitrogen functional groups attached to an aromatic ring is 1. The third-order valence-electron chi connectivity index (χ3n) is 3.34. The molecule has 0 bridgehead atoms. The van der Waals surface area contributed by atoms with Crippen LogP contribution in [-0.4, -0.2) is 17.4 Å². The van der Waals surface area contributed by atoms with Crippen molar-refractivity contribution in [3.63, 3.8) is 0 Å². The predicted octanol–water partition coefficient (Wildman–Crippen LogP) is 3.06. The minimum Gasteiger partial charge on any atom is -0.397 e. The summed E-state index contributed by atoms with van der Waals surface area (Å²) in [5.74, 6) is 0. The lowest BCUT2D eigenvalue weighted by Gasteiger charge is -2.26. The molecule has 0 saturated heterocycles. The molecular formula is C13H14N4OS. The Labute approximate surface area is 114 Å². The Morgan fingerprint density at radius 1 is 1.26 bits per heavy atom. The number of hydrogen-bond acceptors (Lipinski definition) is 6. The van der Waals surface area contributed by atoms with Crippen LogP contribution in [0.1, 0.15) is 17.8 Å². The molecule has 3 aromatic rings. The maximum Gasteiger partial charge on any atom is 0.160 e. The molecule has 1 unspecified atom stereocenters. The van der Waals surface area contributed by atoms with Crippen LogP contribution in [0.15, 0.2) is 34.3 Å². The van der Waals surface area contributed by atoms with Gasteiger partial charge in [-0.25, -0.2) is 4.63 Å². The minimum absolute atomic E-state index is 0.253. The molecule has 0 aliphatic heterocycles. The van der Waals surface area contributed by atoms with Crippen LogP contribution >= 0.6 is 11.3 Å². The van der Waals surface area contributed by atoms with E-state index in [0.717, 1.165) is 5.69 Å². The van der Waals surface area contributed by atoms with Gasteiger partial charge in [0.1, 0.15) is 0 Å². The summed E-state index contributed by atoms with van der Waals surface area (Å²) >= 11 is 1.74. The molecular weight excluding hydrogens is 260 g/mol. The summed E-state index contributed by atoms with van der Waals surface area (Å²) in [5, 5.41) is 9.89. The Kier molecular flexibility index (Phi) is 2.87. The monoisotopic (exact) mass is 274 g/mol. The van der Waals surface area contributed by atoms with Gasteiger partial charge in [-0.3, -0.25) is 0 Å². The van der Waals surface area contributed by atoms with Gasteiger partial charge in [0, 0.05) is 11.9 Å². The van der Waals surface area contributed by atoms with Gasteiger partial charge in [0.25, 0.3) is 0 Å². The second-order valence-electron chi connectivity index (χ2n) is 4.44. The van der Waals surface area contributed by atoms with Crippen molar-refractivity contribution in [3.8, 4) is 0 Å². The van der Waals surface area contributed by atoms with Crippen LogP contribution in [0.3, 0.4) is 0 Å². The van der Waals surface area contributed by atoms with Gasteiger partial charge >= 0.3 is 0 Å². The average Bonchev–Trinajstić information content (AvgIpc) is 3.08. The van der Waals surface area contributed by atoms with Crippen LogP contribution in [0, 0.1) is 0 Å². The summed E-state index contributed by atoms with van der Waals surface area (Å²) in [4.78, 5) is 3.45. The largest absolute Gasteiger partial charge is 0.397 e. The van der Waals surface area contributed by atoms with Gasteiger partial charge in [-0.15, -0.1) is 11.3 Å². The average molecular weight is 274 g/mol. The summed E-state index contributed by atoms with van der Waals surface area (Å²) in [5.41, 5.74) is 8.72. The fraction of sp³-hybridized carbons (Fsp3) is 0.231. The molecule has 19 heavy (non-hydrogen) atoms. The Balaban J connectivity index is 2.04. The van der Waals surface area contributed by atoms with E-state index in [-0.39, 0.29) is 6.04 Å². The quantitative estimate of drug-likeness (QED) is 0.743. The Bertz CT molecular complexity index is 692. The van der Waals surface area contributed by atoms with Crippen molar-refractivity contribution < 1.29 is 4.63 Å². The molecule has 0 saturated carbocycles. The smallest absolute Gasteiger partial charge is 0.160 e. The van der Waals surface area contributed by atoms with Gasteiger partial charge in [-0.2, -0.15) is 0 Å². The van der Waals surface area contributed by atoms with E-state index in [9.17, 15) is 0 Å². The number of anilines is 2. The highest BCUT2D eigenvalue weighted by molar-refractivity contribution is 7.10. The highest BCUT2D eigenvalue weighted by Gasteiger charge is 2.18. The van der Waals surface area contributed by atoms with Gasteiger partial charge in [0.05, 0.1) is 17.4 Å². The van der Waals surface area contributed by atoms with E-state index >= 15 is 0 Å². The molecule has 0 fully saturated rings. The molecule has 2 heterocycles. The Morgan fingerprint density at radius 2 is 2.05 bits per heavy atom. The number of nitrogens with two attached hydrogens (primary N) is 1. The van der Waals surface area contributed by atoms with E-state index in [1.807, 2.05) is 19.2 Å². The third kappa shape index (κ3) is 1.94. The predicted molar refractivity (Wildman–Crippen MR) is 77.4 cm³/mol. The summed E-state index contributed by atoms with van der Waals surface area (Å²) in [6.07, 6.45) is 0. The van der Waals surface area contributed by atoms with Gasteiger partial charge in [-0.1, -0.05) is 6.07 Å². The van der Waals surface area contributed by atoms with E-state index in [0.29, 0.717) is 16.7 Å². The lowest BCUT2D eigenvalue weighted by molar-refractivity contribution is 0.315. The fourth-order valence-electron chi connectivity index (χ4n) is 2.09. The summed E-state index contributed by atoms with van der Waals surface area (Å²) in [6.45, 7) is 2.15. The highest BCUT2D eigenvalue weighted by atomic mass is 32.1. The Hall–Kier alpha value is -2.08. The first-order chi connectivity index (χ1) is 9.18. The van der Waals surface area contributed by atoms with Gasteiger partial charge in [0.2, 0.25) is 0 Å².